The Morgan fingerprint density at radius 1 is 1.03 bits per heavy atom. The third-order valence-corrected chi connectivity index (χ3v) is 6.64. The van der Waals surface area contributed by atoms with E-state index >= 15 is 0 Å². The summed E-state index contributed by atoms with van der Waals surface area (Å²) in [5, 5.41) is 3.28. The van der Waals surface area contributed by atoms with E-state index in [0.717, 1.165) is 43.7 Å². The number of hydrogen-bond donors (Lipinski definition) is 1. The number of carbonyl (C=O) groups is 1. The molecule has 0 unspecified atom stereocenters. The molecule has 2 heterocycles. The van der Waals surface area contributed by atoms with E-state index in [4.69, 9.17) is 4.74 Å². The summed E-state index contributed by atoms with van der Waals surface area (Å²) in [6.45, 7) is 6.55. The van der Waals surface area contributed by atoms with Gasteiger partial charge in [-0.25, -0.2) is 0 Å². The Balaban J connectivity index is 1.51. The van der Waals surface area contributed by atoms with Gasteiger partial charge in [0.05, 0.1) is 6.04 Å². The van der Waals surface area contributed by atoms with Gasteiger partial charge in [-0.05, 0) is 62.4 Å². The van der Waals surface area contributed by atoms with Crippen LogP contribution in [0.2, 0.25) is 0 Å². The minimum atomic E-state index is -0.218. The van der Waals surface area contributed by atoms with Crippen molar-refractivity contribution in [1.82, 2.24) is 5.32 Å². The average Bonchev–Trinajstić information content (AvgIpc) is 2.79. The molecule has 1 fully saturated rings. The van der Waals surface area contributed by atoms with E-state index in [9.17, 15) is 4.79 Å². The van der Waals surface area contributed by atoms with Gasteiger partial charge in [0.15, 0.2) is 0 Å². The van der Waals surface area contributed by atoms with Crippen LogP contribution in [-0.2, 0) is 0 Å². The molecule has 1 saturated heterocycles. The van der Waals surface area contributed by atoms with Crippen LogP contribution in [0, 0.1) is 0 Å². The first-order valence-electron chi connectivity index (χ1n) is 11.1. The Morgan fingerprint density at radius 3 is 2.41 bits per heavy atom. The van der Waals surface area contributed by atoms with Gasteiger partial charge in [-0.2, -0.15) is 0 Å². The fourth-order valence-corrected chi connectivity index (χ4v) is 4.65. The van der Waals surface area contributed by atoms with Gasteiger partial charge in [0, 0.05) is 36.3 Å². The molecule has 1 N–H and O–H groups in total. The van der Waals surface area contributed by atoms with E-state index < -0.39 is 0 Å². The number of fused-ring (bicyclic) bond motifs is 1. The topological polar surface area (TPSA) is 41.6 Å². The molecule has 2 aliphatic heterocycles. The lowest BCUT2D eigenvalue weighted by Crippen LogP contribution is -2.44. The zero-order valence-electron chi connectivity index (χ0n) is 17.6. The number of piperidine rings is 1. The third kappa shape index (κ3) is 4.12. The van der Waals surface area contributed by atoms with Crippen molar-refractivity contribution < 1.29 is 9.53 Å². The number of amides is 1. The van der Waals surface area contributed by atoms with Crippen LogP contribution >= 0.6 is 0 Å². The number of anilines is 1. The van der Waals surface area contributed by atoms with Gasteiger partial charge in [0.25, 0.3) is 5.91 Å². The van der Waals surface area contributed by atoms with Crippen LogP contribution in [0.5, 0.6) is 5.75 Å². The highest BCUT2D eigenvalue weighted by Crippen LogP contribution is 2.42. The fourth-order valence-electron chi connectivity index (χ4n) is 4.65. The van der Waals surface area contributed by atoms with Crippen molar-refractivity contribution in [2.24, 2.45) is 0 Å². The number of rotatable bonds is 5. The zero-order valence-corrected chi connectivity index (χ0v) is 17.6. The summed E-state index contributed by atoms with van der Waals surface area (Å²) in [5.74, 6) is 0.881. The predicted molar refractivity (Wildman–Crippen MR) is 118 cm³/mol. The number of para-hydroxylation sites is 1. The molecule has 4 rings (SSSR count). The molecule has 0 aliphatic carbocycles. The second-order valence-electron chi connectivity index (χ2n) is 8.35. The molecule has 2 aromatic rings. The zero-order chi connectivity index (χ0) is 20.3. The van der Waals surface area contributed by atoms with Gasteiger partial charge >= 0.3 is 0 Å². The van der Waals surface area contributed by atoms with Gasteiger partial charge in [-0.15, -0.1) is 0 Å². The summed E-state index contributed by atoms with van der Waals surface area (Å²) in [4.78, 5) is 15.4. The monoisotopic (exact) mass is 392 g/mol. The van der Waals surface area contributed by atoms with E-state index in [2.05, 4.69) is 42.3 Å². The lowest BCUT2D eigenvalue weighted by molar-refractivity contribution is 0.0227. The maximum atomic E-state index is 13.0. The van der Waals surface area contributed by atoms with Crippen LogP contribution in [0.4, 0.5) is 5.69 Å². The quantitative estimate of drug-likeness (QED) is 0.732. The summed E-state index contributed by atoms with van der Waals surface area (Å²) >= 11 is 0. The number of hydrogen-bond acceptors (Lipinski definition) is 3. The lowest BCUT2D eigenvalue weighted by Gasteiger charge is -2.41. The van der Waals surface area contributed by atoms with Gasteiger partial charge in [0.1, 0.15) is 11.4 Å². The van der Waals surface area contributed by atoms with Crippen LogP contribution in [0.15, 0.2) is 48.5 Å². The molecule has 1 atom stereocenters. The first-order chi connectivity index (χ1) is 14.1. The smallest absolute Gasteiger partial charge is 0.251 e. The molecule has 0 aromatic heterocycles. The van der Waals surface area contributed by atoms with E-state index in [0.29, 0.717) is 5.56 Å². The van der Waals surface area contributed by atoms with Gasteiger partial charge < -0.3 is 15.0 Å². The molecule has 2 aromatic carbocycles. The molecule has 0 spiro atoms. The number of carbonyl (C=O) groups excluding carboxylic acids is 1. The maximum Gasteiger partial charge on any atom is 0.251 e. The summed E-state index contributed by atoms with van der Waals surface area (Å²) in [6, 6.07) is 16.1. The first-order valence-corrected chi connectivity index (χ1v) is 11.1. The normalized spacial score (nSPS) is 20.5. The minimum Gasteiger partial charge on any atom is -0.487 e. The van der Waals surface area contributed by atoms with Crippen LogP contribution < -0.4 is 15.0 Å². The summed E-state index contributed by atoms with van der Waals surface area (Å²) in [5.41, 5.74) is 2.79. The van der Waals surface area contributed by atoms with Gasteiger partial charge in [-0.1, -0.05) is 32.0 Å². The molecule has 0 bridgehead atoms. The molecule has 0 radical (unpaired) electrons. The van der Waals surface area contributed by atoms with Crippen molar-refractivity contribution in [1.29, 1.82) is 0 Å². The first kappa shape index (κ1) is 19.8. The summed E-state index contributed by atoms with van der Waals surface area (Å²) in [7, 11) is 0. The van der Waals surface area contributed by atoms with Gasteiger partial charge in [0.2, 0.25) is 0 Å². The number of nitrogens with one attached hydrogen (secondary N) is 1. The molecule has 29 heavy (non-hydrogen) atoms. The SMILES string of the molecule is CCC1(CC)C[C@@H](NC(=O)c2ccc(N3CCCCC3)cc2)c2ccccc2O1. The average molecular weight is 393 g/mol. The van der Waals surface area contributed by atoms with Crippen molar-refractivity contribution in [3.63, 3.8) is 0 Å². The third-order valence-electron chi connectivity index (χ3n) is 6.64. The maximum absolute atomic E-state index is 13.0. The van der Waals surface area contributed by atoms with E-state index in [1.165, 1.54) is 24.9 Å². The molecule has 1 amide bonds. The highest BCUT2D eigenvalue weighted by atomic mass is 16.5. The summed E-state index contributed by atoms with van der Waals surface area (Å²) in [6.07, 6.45) is 6.47. The number of benzene rings is 2. The Morgan fingerprint density at radius 2 is 1.72 bits per heavy atom. The highest BCUT2D eigenvalue weighted by molar-refractivity contribution is 5.94. The van der Waals surface area contributed by atoms with Crippen LogP contribution in [0.3, 0.4) is 0 Å². The number of ether oxygens (including phenoxy) is 1. The lowest BCUT2D eigenvalue weighted by atomic mass is 9.83. The Hall–Kier alpha value is -2.49. The van der Waals surface area contributed by atoms with E-state index in [1.54, 1.807) is 0 Å². The van der Waals surface area contributed by atoms with Crippen molar-refractivity contribution in [2.75, 3.05) is 18.0 Å². The molecule has 4 heteroatoms. The van der Waals surface area contributed by atoms with E-state index in [1.807, 2.05) is 30.3 Å². The summed E-state index contributed by atoms with van der Waals surface area (Å²) < 4.78 is 6.36. The van der Waals surface area contributed by atoms with Crippen LogP contribution in [-0.4, -0.2) is 24.6 Å². The standard InChI is InChI=1S/C25H32N2O2/c1-3-25(4-2)18-22(21-10-6-7-11-23(21)29-25)26-24(28)19-12-14-20(15-13-19)27-16-8-5-9-17-27/h6-7,10-15,22H,3-5,8-9,16-18H2,1-2H3,(H,26,28)/t22-/m1/s1. The number of nitrogens with zero attached hydrogens (tertiary/aromatic N) is 1. The molecular formula is C25H32N2O2. The largest absolute Gasteiger partial charge is 0.487 e. The Bertz CT molecular complexity index is 836. The highest BCUT2D eigenvalue weighted by Gasteiger charge is 2.39. The van der Waals surface area contributed by atoms with Gasteiger partial charge in [-0.3, -0.25) is 4.79 Å². The van der Waals surface area contributed by atoms with Crippen molar-refractivity contribution >= 4 is 11.6 Å². The predicted octanol–water partition coefficient (Wildman–Crippen LogP) is 5.49. The Labute approximate surface area is 174 Å². The minimum absolute atomic E-state index is 0.0157. The molecule has 154 valence electrons. The van der Waals surface area contributed by atoms with Crippen molar-refractivity contribution in [3.8, 4) is 5.75 Å². The second kappa shape index (κ2) is 8.48. The van der Waals surface area contributed by atoms with Crippen LogP contribution in [0.25, 0.3) is 0 Å². The Kier molecular flexibility index (Phi) is 5.79. The van der Waals surface area contributed by atoms with Crippen LogP contribution in [0.1, 0.15) is 74.3 Å². The van der Waals surface area contributed by atoms with Crippen molar-refractivity contribution in [3.05, 3.63) is 59.7 Å². The molecular weight excluding hydrogens is 360 g/mol. The van der Waals surface area contributed by atoms with E-state index in [-0.39, 0.29) is 17.6 Å². The molecule has 2 aliphatic rings. The van der Waals surface area contributed by atoms with Crippen molar-refractivity contribution in [2.45, 2.75) is 64.0 Å². The molecule has 0 saturated carbocycles. The second-order valence-corrected chi connectivity index (χ2v) is 8.35. The fraction of sp³-hybridized carbons (Fsp3) is 0.480. The molecule has 4 nitrogen and oxygen atoms in total.